The molecule has 0 aliphatic heterocycles. The summed E-state index contributed by atoms with van der Waals surface area (Å²) in [6, 6.07) is 5.27. The van der Waals surface area contributed by atoms with Gasteiger partial charge >= 0.3 is 0 Å². The molecule has 16 heavy (non-hydrogen) atoms. The molecule has 0 saturated heterocycles. The van der Waals surface area contributed by atoms with Crippen molar-refractivity contribution in [3.05, 3.63) is 23.8 Å². The molecule has 1 unspecified atom stereocenters. The second-order valence-electron chi connectivity index (χ2n) is 3.37. The number of Topliss-reactive ketones (excluding diaryl/α,β-unsaturated/α-hetero) is 1. The van der Waals surface area contributed by atoms with Gasteiger partial charge in [-0.1, -0.05) is 0 Å². The van der Waals surface area contributed by atoms with Crippen LogP contribution in [0.2, 0.25) is 0 Å². The third-order valence-electron chi connectivity index (χ3n) is 2.28. The Morgan fingerprint density at radius 2 is 1.56 bits per heavy atom. The molecule has 88 valence electrons. The van der Waals surface area contributed by atoms with Crippen LogP contribution in [0, 0.1) is 0 Å². The topological polar surface area (TPSA) is 44.8 Å². The van der Waals surface area contributed by atoms with Crippen molar-refractivity contribution in [1.29, 1.82) is 0 Å². The van der Waals surface area contributed by atoms with Crippen LogP contribution in [0.1, 0.15) is 18.6 Å². The van der Waals surface area contributed by atoms with E-state index in [1.807, 2.05) is 0 Å². The number of hydrogen-bond donors (Lipinski definition) is 0. The fraction of sp³-hybridized carbons (Fsp3) is 0.417. The van der Waals surface area contributed by atoms with Crippen molar-refractivity contribution in [2.45, 2.75) is 13.0 Å². The van der Waals surface area contributed by atoms with Gasteiger partial charge in [0.1, 0.15) is 17.6 Å². The quantitative estimate of drug-likeness (QED) is 0.767. The molecule has 0 spiro atoms. The first-order valence-electron chi connectivity index (χ1n) is 4.88. The number of ketones is 1. The zero-order valence-electron chi connectivity index (χ0n) is 9.94. The molecule has 0 amide bonds. The van der Waals surface area contributed by atoms with E-state index in [0.29, 0.717) is 11.5 Å². The molecular formula is C12H16O4. The van der Waals surface area contributed by atoms with Crippen LogP contribution in [0.25, 0.3) is 0 Å². The molecule has 1 aromatic carbocycles. The van der Waals surface area contributed by atoms with Gasteiger partial charge in [0.05, 0.1) is 14.2 Å². The van der Waals surface area contributed by atoms with Crippen LogP contribution in [-0.2, 0) is 9.53 Å². The van der Waals surface area contributed by atoms with Gasteiger partial charge in [-0.05, 0) is 24.6 Å². The van der Waals surface area contributed by atoms with Crippen molar-refractivity contribution >= 4 is 5.78 Å². The van der Waals surface area contributed by atoms with Crippen molar-refractivity contribution in [2.75, 3.05) is 21.3 Å². The number of ether oxygens (including phenoxy) is 3. The van der Waals surface area contributed by atoms with E-state index in [1.165, 1.54) is 14.0 Å². The second kappa shape index (κ2) is 5.51. The third-order valence-corrected chi connectivity index (χ3v) is 2.28. The Bertz CT molecular complexity index is 351. The Hall–Kier alpha value is -1.55. The maximum Gasteiger partial charge on any atom is 0.163 e. The zero-order valence-corrected chi connectivity index (χ0v) is 9.94. The zero-order chi connectivity index (χ0) is 12.1. The first-order chi connectivity index (χ1) is 7.62. The largest absolute Gasteiger partial charge is 0.497 e. The van der Waals surface area contributed by atoms with Crippen molar-refractivity contribution in [2.24, 2.45) is 0 Å². The average Bonchev–Trinajstić information content (AvgIpc) is 2.29. The number of methoxy groups -OCH3 is 3. The number of benzene rings is 1. The Balaban J connectivity index is 3.15. The van der Waals surface area contributed by atoms with Gasteiger partial charge in [-0.15, -0.1) is 0 Å². The smallest absolute Gasteiger partial charge is 0.163 e. The maximum absolute atomic E-state index is 11.4. The summed E-state index contributed by atoms with van der Waals surface area (Å²) in [6.07, 6.45) is -0.580. The van der Waals surface area contributed by atoms with Crippen LogP contribution < -0.4 is 9.47 Å². The fourth-order valence-corrected chi connectivity index (χ4v) is 1.52. The molecule has 4 nitrogen and oxygen atoms in total. The highest BCUT2D eigenvalue weighted by molar-refractivity contribution is 5.82. The monoisotopic (exact) mass is 224 g/mol. The summed E-state index contributed by atoms with van der Waals surface area (Å²) in [5.41, 5.74) is 0.728. The molecule has 0 bridgehead atoms. The SMILES string of the molecule is COc1cc(OC)cc(C(OC)C(C)=O)c1. The van der Waals surface area contributed by atoms with E-state index in [4.69, 9.17) is 14.2 Å². The average molecular weight is 224 g/mol. The van der Waals surface area contributed by atoms with Crippen LogP contribution in [-0.4, -0.2) is 27.1 Å². The lowest BCUT2D eigenvalue weighted by Gasteiger charge is -2.14. The van der Waals surface area contributed by atoms with Gasteiger partial charge in [0.2, 0.25) is 0 Å². The van der Waals surface area contributed by atoms with Crippen LogP contribution in [0.15, 0.2) is 18.2 Å². The normalized spacial score (nSPS) is 12.0. The fourth-order valence-electron chi connectivity index (χ4n) is 1.52. The Morgan fingerprint density at radius 3 is 1.88 bits per heavy atom. The van der Waals surface area contributed by atoms with E-state index < -0.39 is 6.10 Å². The predicted molar refractivity (Wildman–Crippen MR) is 60.0 cm³/mol. The lowest BCUT2D eigenvalue weighted by atomic mass is 10.1. The van der Waals surface area contributed by atoms with Crippen molar-refractivity contribution < 1.29 is 19.0 Å². The number of carbonyl (C=O) groups excluding carboxylic acids is 1. The van der Waals surface area contributed by atoms with E-state index in [-0.39, 0.29) is 5.78 Å². The highest BCUT2D eigenvalue weighted by Crippen LogP contribution is 2.28. The van der Waals surface area contributed by atoms with Crippen molar-refractivity contribution in [3.8, 4) is 11.5 Å². The lowest BCUT2D eigenvalue weighted by molar-refractivity contribution is -0.126. The molecule has 0 fully saturated rings. The standard InChI is InChI=1S/C12H16O4/c1-8(13)12(16-4)9-5-10(14-2)7-11(6-9)15-3/h5-7,12H,1-4H3. The van der Waals surface area contributed by atoms with E-state index in [2.05, 4.69) is 0 Å². The van der Waals surface area contributed by atoms with Gasteiger partial charge in [0.25, 0.3) is 0 Å². The van der Waals surface area contributed by atoms with Gasteiger partial charge in [-0.2, -0.15) is 0 Å². The molecule has 0 heterocycles. The van der Waals surface area contributed by atoms with Gasteiger partial charge in [-0.3, -0.25) is 4.79 Å². The molecule has 1 aromatic rings. The minimum Gasteiger partial charge on any atom is -0.497 e. The van der Waals surface area contributed by atoms with Gasteiger partial charge in [-0.25, -0.2) is 0 Å². The summed E-state index contributed by atoms with van der Waals surface area (Å²) < 4.78 is 15.4. The summed E-state index contributed by atoms with van der Waals surface area (Å²) in [5.74, 6) is 1.22. The highest BCUT2D eigenvalue weighted by Gasteiger charge is 2.17. The summed E-state index contributed by atoms with van der Waals surface area (Å²) in [5, 5.41) is 0. The number of carbonyl (C=O) groups is 1. The first-order valence-corrected chi connectivity index (χ1v) is 4.88. The van der Waals surface area contributed by atoms with Crippen molar-refractivity contribution in [3.63, 3.8) is 0 Å². The minimum absolute atomic E-state index is 0.0576. The molecule has 0 aliphatic rings. The highest BCUT2D eigenvalue weighted by atomic mass is 16.5. The van der Waals surface area contributed by atoms with Crippen molar-refractivity contribution in [1.82, 2.24) is 0 Å². The van der Waals surface area contributed by atoms with Crippen LogP contribution in [0.5, 0.6) is 11.5 Å². The predicted octanol–water partition coefficient (Wildman–Crippen LogP) is 1.98. The third kappa shape index (κ3) is 2.73. The van der Waals surface area contributed by atoms with E-state index in [0.717, 1.165) is 5.56 Å². The molecular weight excluding hydrogens is 208 g/mol. The molecule has 1 atom stereocenters. The first kappa shape index (κ1) is 12.5. The Morgan fingerprint density at radius 1 is 1.06 bits per heavy atom. The Labute approximate surface area is 95.1 Å². The number of rotatable bonds is 5. The van der Waals surface area contributed by atoms with E-state index in [1.54, 1.807) is 32.4 Å². The molecule has 0 aliphatic carbocycles. The van der Waals surface area contributed by atoms with E-state index >= 15 is 0 Å². The molecule has 0 aromatic heterocycles. The Kier molecular flexibility index (Phi) is 4.31. The summed E-state index contributed by atoms with van der Waals surface area (Å²) in [6.45, 7) is 1.49. The summed E-state index contributed by atoms with van der Waals surface area (Å²) >= 11 is 0. The number of hydrogen-bond acceptors (Lipinski definition) is 4. The van der Waals surface area contributed by atoms with E-state index in [9.17, 15) is 4.79 Å². The second-order valence-corrected chi connectivity index (χ2v) is 3.37. The lowest BCUT2D eigenvalue weighted by Crippen LogP contribution is -2.11. The molecule has 0 radical (unpaired) electrons. The molecule has 0 N–H and O–H groups in total. The minimum atomic E-state index is -0.580. The summed E-state index contributed by atoms with van der Waals surface area (Å²) in [7, 11) is 4.63. The molecule has 1 rings (SSSR count). The molecule has 0 saturated carbocycles. The van der Waals surface area contributed by atoms with Gasteiger partial charge < -0.3 is 14.2 Å². The summed E-state index contributed by atoms with van der Waals surface area (Å²) in [4.78, 5) is 11.4. The van der Waals surface area contributed by atoms with Crippen LogP contribution >= 0.6 is 0 Å². The maximum atomic E-state index is 11.4. The van der Waals surface area contributed by atoms with Gasteiger partial charge in [0.15, 0.2) is 5.78 Å². The van der Waals surface area contributed by atoms with Crippen LogP contribution in [0.4, 0.5) is 0 Å². The molecule has 4 heteroatoms. The van der Waals surface area contributed by atoms with Gasteiger partial charge in [0, 0.05) is 13.2 Å². The van der Waals surface area contributed by atoms with Crippen LogP contribution in [0.3, 0.4) is 0 Å².